The molecule has 0 amide bonds. The minimum Gasteiger partial charge on any atom is -0.426 e. The fourth-order valence-corrected chi connectivity index (χ4v) is 2.29. The Morgan fingerprint density at radius 2 is 2.10 bits per heavy atom. The molecule has 1 heterocycles. The Morgan fingerprint density at radius 1 is 1.35 bits per heavy atom. The average molecular weight is 287 g/mol. The molecule has 3 nitrogen and oxygen atoms in total. The van der Waals surface area contributed by atoms with Gasteiger partial charge in [0.1, 0.15) is 5.75 Å². The van der Waals surface area contributed by atoms with Crippen LogP contribution in [0.4, 0.5) is 13.2 Å². The minimum absolute atomic E-state index is 0.134. The van der Waals surface area contributed by atoms with E-state index >= 15 is 0 Å². The van der Waals surface area contributed by atoms with Crippen LogP contribution in [-0.4, -0.2) is 19.1 Å². The number of hydrogen-bond donors (Lipinski definition) is 1. The summed E-state index contributed by atoms with van der Waals surface area (Å²) in [6.45, 7) is 1.62. The van der Waals surface area contributed by atoms with E-state index in [1.165, 1.54) is 18.2 Å². The number of nitrogens with one attached hydrogen (secondary N) is 1. The Hall–Kier alpha value is -1.56. The number of carbonyl (C=O) groups is 1. The number of rotatable bonds is 3. The van der Waals surface area contributed by atoms with E-state index in [1.807, 2.05) is 0 Å². The number of ether oxygens (including phenoxy) is 1. The first-order valence-corrected chi connectivity index (χ1v) is 6.54. The summed E-state index contributed by atoms with van der Waals surface area (Å²) in [5.74, 6) is -0.904. The van der Waals surface area contributed by atoms with Gasteiger partial charge >= 0.3 is 12.1 Å². The highest BCUT2D eigenvalue weighted by Gasteiger charge is 2.34. The Labute approximate surface area is 115 Å². The van der Waals surface area contributed by atoms with Crippen molar-refractivity contribution in [1.82, 2.24) is 5.32 Å². The van der Waals surface area contributed by atoms with Gasteiger partial charge in [-0.2, -0.15) is 13.2 Å². The lowest BCUT2D eigenvalue weighted by molar-refractivity contribution is -0.142. The number of piperidine rings is 1. The van der Waals surface area contributed by atoms with Crippen LogP contribution in [0.2, 0.25) is 0 Å². The van der Waals surface area contributed by atoms with Gasteiger partial charge in [0.2, 0.25) is 0 Å². The highest BCUT2D eigenvalue weighted by Crippen LogP contribution is 2.36. The third-order valence-corrected chi connectivity index (χ3v) is 3.27. The quantitative estimate of drug-likeness (QED) is 0.686. The molecule has 0 aliphatic carbocycles. The van der Waals surface area contributed by atoms with Crippen LogP contribution in [0.5, 0.6) is 5.75 Å². The molecule has 1 fully saturated rings. The lowest BCUT2D eigenvalue weighted by Crippen LogP contribution is -2.31. The smallest absolute Gasteiger partial charge is 0.419 e. The van der Waals surface area contributed by atoms with Crippen molar-refractivity contribution in [3.8, 4) is 5.75 Å². The number of alkyl halides is 3. The molecule has 1 aromatic rings. The van der Waals surface area contributed by atoms with E-state index < -0.39 is 23.5 Å². The Morgan fingerprint density at radius 3 is 2.75 bits per heavy atom. The molecule has 1 N–H and O–H groups in total. The normalized spacial score (nSPS) is 19.6. The molecule has 110 valence electrons. The van der Waals surface area contributed by atoms with Crippen LogP contribution in [0.3, 0.4) is 0 Å². The second-order valence-electron chi connectivity index (χ2n) is 4.88. The second-order valence-corrected chi connectivity index (χ2v) is 4.88. The summed E-state index contributed by atoms with van der Waals surface area (Å²) in [5.41, 5.74) is -0.921. The molecule has 1 unspecified atom stereocenters. The summed E-state index contributed by atoms with van der Waals surface area (Å²) in [5, 5.41) is 3.15. The van der Waals surface area contributed by atoms with Gasteiger partial charge in [-0.05, 0) is 44.0 Å². The largest absolute Gasteiger partial charge is 0.426 e. The molecular formula is C14H16F3NO2. The number of benzene rings is 1. The van der Waals surface area contributed by atoms with Crippen molar-refractivity contribution in [3.63, 3.8) is 0 Å². The standard InChI is InChI=1S/C14H16F3NO2/c15-14(16,17)11-5-1-2-6-12(11)20-13(19)8-10-4-3-7-18-9-10/h1-2,5-6,10,18H,3-4,7-9H2. The summed E-state index contributed by atoms with van der Waals surface area (Å²) in [4.78, 5) is 11.7. The van der Waals surface area contributed by atoms with E-state index in [9.17, 15) is 18.0 Å². The number of halogens is 3. The molecule has 1 atom stereocenters. The van der Waals surface area contributed by atoms with Gasteiger partial charge in [-0.25, -0.2) is 0 Å². The molecule has 0 spiro atoms. The van der Waals surface area contributed by atoms with Gasteiger partial charge in [0, 0.05) is 6.42 Å². The van der Waals surface area contributed by atoms with Crippen LogP contribution in [0, 0.1) is 5.92 Å². The van der Waals surface area contributed by atoms with Crippen LogP contribution in [0.25, 0.3) is 0 Å². The van der Waals surface area contributed by atoms with E-state index in [0.29, 0.717) is 6.54 Å². The van der Waals surface area contributed by atoms with Crippen LogP contribution in [0.1, 0.15) is 24.8 Å². The van der Waals surface area contributed by atoms with Crippen molar-refractivity contribution < 1.29 is 22.7 Å². The first-order valence-electron chi connectivity index (χ1n) is 6.54. The molecule has 1 aliphatic heterocycles. The minimum atomic E-state index is -4.52. The van der Waals surface area contributed by atoms with Gasteiger partial charge in [-0.3, -0.25) is 4.79 Å². The maximum absolute atomic E-state index is 12.8. The molecule has 1 aromatic carbocycles. The lowest BCUT2D eigenvalue weighted by Gasteiger charge is -2.22. The van der Waals surface area contributed by atoms with Crippen molar-refractivity contribution in [3.05, 3.63) is 29.8 Å². The molecule has 0 bridgehead atoms. The molecule has 1 aliphatic rings. The van der Waals surface area contributed by atoms with Crippen LogP contribution < -0.4 is 10.1 Å². The van der Waals surface area contributed by atoms with Gasteiger partial charge in [-0.15, -0.1) is 0 Å². The Kier molecular flexibility index (Phi) is 4.65. The zero-order valence-corrected chi connectivity index (χ0v) is 10.9. The summed E-state index contributed by atoms with van der Waals surface area (Å²) >= 11 is 0. The van der Waals surface area contributed by atoms with Gasteiger partial charge in [-0.1, -0.05) is 12.1 Å². The highest BCUT2D eigenvalue weighted by atomic mass is 19.4. The monoisotopic (exact) mass is 287 g/mol. The molecular weight excluding hydrogens is 271 g/mol. The predicted molar refractivity (Wildman–Crippen MR) is 67.3 cm³/mol. The van der Waals surface area contributed by atoms with Gasteiger partial charge in [0.15, 0.2) is 0 Å². The van der Waals surface area contributed by atoms with Crippen molar-refractivity contribution >= 4 is 5.97 Å². The maximum atomic E-state index is 12.8. The third kappa shape index (κ3) is 3.96. The SMILES string of the molecule is O=C(CC1CCCNC1)Oc1ccccc1C(F)(F)F. The molecule has 6 heteroatoms. The highest BCUT2D eigenvalue weighted by molar-refractivity contribution is 5.73. The van der Waals surface area contributed by atoms with E-state index in [2.05, 4.69) is 5.32 Å². The Bertz CT molecular complexity index is 468. The zero-order valence-electron chi connectivity index (χ0n) is 10.9. The van der Waals surface area contributed by atoms with Crippen molar-refractivity contribution in [2.75, 3.05) is 13.1 Å². The number of para-hydroxylation sites is 1. The van der Waals surface area contributed by atoms with Crippen molar-refractivity contribution in [2.45, 2.75) is 25.4 Å². The zero-order chi connectivity index (χ0) is 14.6. The maximum Gasteiger partial charge on any atom is 0.419 e. The average Bonchev–Trinajstić information content (AvgIpc) is 2.39. The van der Waals surface area contributed by atoms with Crippen LogP contribution >= 0.6 is 0 Å². The first-order chi connectivity index (χ1) is 9.47. The molecule has 0 aromatic heterocycles. The summed E-state index contributed by atoms with van der Waals surface area (Å²) in [7, 11) is 0. The van der Waals surface area contributed by atoms with E-state index in [1.54, 1.807) is 0 Å². The molecule has 0 radical (unpaired) electrons. The summed E-state index contributed by atoms with van der Waals surface area (Å²) < 4.78 is 43.2. The van der Waals surface area contributed by atoms with E-state index in [-0.39, 0.29) is 12.3 Å². The van der Waals surface area contributed by atoms with E-state index in [0.717, 1.165) is 25.5 Å². The van der Waals surface area contributed by atoms with Crippen LogP contribution in [-0.2, 0) is 11.0 Å². The fraction of sp³-hybridized carbons (Fsp3) is 0.500. The van der Waals surface area contributed by atoms with Crippen molar-refractivity contribution in [1.29, 1.82) is 0 Å². The molecule has 2 rings (SSSR count). The topological polar surface area (TPSA) is 38.3 Å². The fourth-order valence-electron chi connectivity index (χ4n) is 2.29. The van der Waals surface area contributed by atoms with Gasteiger partial charge in [0.05, 0.1) is 5.56 Å². The third-order valence-electron chi connectivity index (χ3n) is 3.27. The molecule has 20 heavy (non-hydrogen) atoms. The molecule has 0 saturated carbocycles. The van der Waals surface area contributed by atoms with Crippen LogP contribution in [0.15, 0.2) is 24.3 Å². The summed E-state index contributed by atoms with van der Waals surface area (Å²) in [6.07, 6.45) is -2.53. The lowest BCUT2D eigenvalue weighted by atomic mass is 9.96. The van der Waals surface area contributed by atoms with Crippen molar-refractivity contribution in [2.24, 2.45) is 5.92 Å². The number of esters is 1. The second kappa shape index (κ2) is 6.26. The van der Waals surface area contributed by atoms with E-state index in [4.69, 9.17) is 4.74 Å². The van der Waals surface area contributed by atoms with Gasteiger partial charge in [0.25, 0.3) is 0 Å². The number of carbonyl (C=O) groups excluding carboxylic acids is 1. The molecule has 1 saturated heterocycles. The van der Waals surface area contributed by atoms with Gasteiger partial charge < -0.3 is 10.1 Å². The Balaban J connectivity index is 2.00. The first kappa shape index (κ1) is 14.8. The summed E-state index contributed by atoms with van der Waals surface area (Å²) in [6, 6.07) is 4.76. The number of hydrogen-bond acceptors (Lipinski definition) is 3. The predicted octanol–water partition coefficient (Wildman–Crippen LogP) is 3.00.